The average Bonchev–Trinajstić information content (AvgIpc) is 2.40. The fraction of sp³-hybridized carbons (Fsp3) is 0.833. The molecule has 0 aliphatic carbocycles. The van der Waals surface area contributed by atoms with Gasteiger partial charge in [-0.2, -0.15) is 0 Å². The van der Waals surface area contributed by atoms with Crippen molar-refractivity contribution >= 4 is 11.9 Å². The predicted molar refractivity (Wildman–Crippen MR) is 60.1 cm³/mol. The van der Waals surface area contributed by atoms with Crippen LogP contribution in [0.1, 0.15) is 41.0 Å². The Balaban J connectivity index is 2.77. The van der Waals surface area contributed by atoms with E-state index in [1.54, 1.807) is 27.7 Å². The van der Waals surface area contributed by atoms with Gasteiger partial charge in [0.1, 0.15) is 11.7 Å². The maximum absolute atomic E-state index is 11.8. The fourth-order valence-electron chi connectivity index (χ4n) is 1.40. The predicted octanol–water partition coefficient (Wildman–Crippen LogP) is 1.03. The number of carbonyl (C=O) groups is 2. The van der Waals surface area contributed by atoms with E-state index in [2.05, 4.69) is 0 Å². The van der Waals surface area contributed by atoms with E-state index in [0.717, 1.165) is 0 Å². The Labute approximate surface area is 101 Å². The van der Waals surface area contributed by atoms with E-state index in [-0.39, 0.29) is 0 Å². The highest BCUT2D eigenvalue weighted by molar-refractivity contribution is 5.84. The molecule has 5 heteroatoms. The quantitative estimate of drug-likeness (QED) is 0.751. The number of aliphatic hydroxyl groups is 1. The van der Waals surface area contributed by atoms with Crippen molar-refractivity contribution in [2.45, 2.75) is 58.8 Å². The summed E-state index contributed by atoms with van der Waals surface area (Å²) in [5, 5.41) is 9.85. The average molecular weight is 244 g/mol. The second kappa shape index (κ2) is 4.29. The monoisotopic (exact) mass is 244 g/mol. The molecule has 0 bridgehead atoms. The molecule has 0 aromatic carbocycles. The van der Waals surface area contributed by atoms with Gasteiger partial charge in [-0.25, -0.2) is 4.79 Å². The topological polar surface area (TPSA) is 72.8 Å². The van der Waals surface area contributed by atoms with Crippen LogP contribution < -0.4 is 0 Å². The van der Waals surface area contributed by atoms with E-state index in [9.17, 15) is 14.7 Å². The lowest BCUT2D eigenvalue weighted by molar-refractivity contribution is -0.170. The number of ether oxygens (including phenoxy) is 2. The summed E-state index contributed by atoms with van der Waals surface area (Å²) in [5.74, 6) is -1.19. The van der Waals surface area contributed by atoms with Gasteiger partial charge in [0.25, 0.3) is 0 Å². The first-order valence-electron chi connectivity index (χ1n) is 5.74. The van der Waals surface area contributed by atoms with E-state index >= 15 is 0 Å². The summed E-state index contributed by atoms with van der Waals surface area (Å²) >= 11 is 0. The summed E-state index contributed by atoms with van der Waals surface area (Å²) in [7, 11) is 0. The summed E-state index contributed by atoms with van der Waals surface area (Å²) in [6.45, 7) is 8.47. The maximum atomic E-state index is 11.8. The van der Waals surface area contributed by atoms with Crippen LogP contribution in [0.5, 0.6) is 0 Å². The smallest absolute Gasteiger partial charge is 0.351 e. The Morgan fingerprint density at radius 1 is 1.53 bits per heavy atom. The minimum Gasteiger partial charge on any atom is -0.454 e. The number of hydrogen-bond acceptors (Lipinski definition) is 5. The molecule has 17 heavy (non-hydrogen) atoms. The molecule has 1 heterocycles. The van der Waals surface area contributed by atoms with Crippen molar-refractivity contribution < 1.29 is 24.2 Å². The molecular weight excluding hydrogens is 224 g/mol. The van der Waals surface area contributed by atoms with E-state index in [4.69, 9.17) is 9.47 Å². The third kappa shape index (κ3) is 2.60. The lowest BCUT2D eigenvalue weighted by Crippen LogP contribution is -2.42. The van der Waals surface area contributed by atoms with E-state index < -0.39 is 35.2 Å². The Morgan fingerprint density at radius 3 is 2.41 bits per heavy atom. The lowest BCUT2D eigenvalue weighted by atomic mass is 9.90. The van der Waals surface area contributed by atoms with Gasteiger partial charge in [0.05, 0.1) is 5.41 Å². The molecule has 0 saturated carbocycles. The van der Waals surface area contributed by atoms with Crippen molar-refractivity contribution in [1.82, 2.24) is 0 Å². The molecular formula is C12H20O5. The number of cyclic esters (lactones) is 1. The number of rotatable bonds is 3. The molecule has 1 rings (SSSR count). The molecule has 0 aromatic heterocycles. The number of carbonyl (C=O) groups excluding carboxylic acids is 2. The standard InChI is InChI=1S/C12H20O5/c1-6-11(2,3)10(15)16-7-8(13)12(4,5)17-9(7)14/h7-8,13H,6H2,1-5H3. The van der Waals surface area contributed by atoms with Crippen molar-refractivity contribution in [3.63, 3.8) is 0 Å². The molecule has 1 aliphatic heterocycles. The molecule has 98 valence electrons. The van der Waals surface area contributed by atoms with Crippen LogP contribution in [0.15, 0.2) is 0 Å². The van der Waals surface area contributed by atoms with Gasteiger partial charge < -0.3 is 14.6 Å². The van der Waals surface area contributed by atoms with E-state index in [0.29, 0.717) is 6.42 Å². The zero-order chi connectivity index (χ0) is 13.4. The van der Waals surface area contributed by atoms with Crippen LogP contribution >= 0.6 is 0 Å². The van der Waals surface area contributed by atoms with Crippen LogP contribution in [0.25, 0.3) is 0 Å². The molecule has 1 aliphatic rings. The van der Waals surface area contributed by atoms with Crippen LogP contribution in [0.3, 0.4) is 0 Å². The van der Waals surface area contributed by atoms with Gasteiger partial charge in [-0.05, 0) is 34.1 Å². The highest BCUT2D eigenvalue weighted by atomic mass is 16.6. The van der Waals surface area contributed by atoms with Crippen molar-refractivity contribution in [1.29, 1.82) is 0 Å². The lowest BCUT2D eigenvalue weighted by Gasteiger charge is -2.24. The molecule has 0 spiro atoms. The first-order valence-corrected chi connectivity index (χ1v) is 5.74. The summed E-state index contributed by atoms with van der Waals surface area (Å²) in [6.07, 6.45) is -1.76. The zero-order valence-electron chi connectivity index (χ0n) is 10.9. The Hall–Kier alpha value is -1.10. The first kappa shape index (κ1) is 14.0. The highest BCUT2D eigenvalue weighted by Crippen LogP contribution is 2.31. The van der Waals surface area contributed by atoms with Crippen LogP contribution in [-0.4, -0.2) is 34.9 Å². The number of aliphatic hydroxyl groups excluding tert-OH is 1. The van der Waals surface area contributed by atoms with Crippen molar-refractivity contribution in [3.05, 3.63) is 0 Å². The van der Waals surface area contributed by atoms with E-state index in [1.807, 2.05) is 6.92 Å². The SMILES string of the molecule is CCC(C)(C)C(=O)OC1C(=O)OC(C)(C)C1O. The third-order valence-electron chi connectivity index (χ3n) is 3.27. The molecule has 1 saturated heterocycles. The maximum Gasteiger partial charge on any atom is 0.351 e. The molecule has 0 aromatic rings. The Kier molecular flexibility index (Phi) is 3.52. The van der Waals surface area contributed by atoms with E-state index in [1.165, 1.54) is 0 Å². The van der Waals surface area contributed by atoms with Crippen LogP contribution in [0, 0.1) is 5.41 Å². The molecule has 5 nitrogen and oxygen atoms in total. The second-order valence-corrected chi connectivity index (χ2v) is 5.53. The van der Waals surface area contributed by atoms with Crippen molar-refractivity contribution in [2.24, 2.45) is 5.41 Å². The van der Waals surface area contributed by atoms with Gasteiger partial charge in [-0.1, -0.05) is 6.92 Å². The number of esters is 2. The Bertz CT molecular complexity index is 332. The molecule has 0 amide bonds. The van der Waals surface area contributed by atoms with Crippen molar-refractivity contribution in [2.75, 3.05) is 0 Å². The van der Waals surface area contributed by atoms with Gasteiger partial charge in [0.2, 0.25) is 6.10 Å². The first-order chi connectivity index (χ1) is 7.62. The molecule has 2 atom stereocenters. The largest absolute Gasteiger partial charge is 0.454 e. The van der Waals surface area contributed by atoms with Crippen LogP contribution in [-0.2, 0) is 19.1 Å². The minimum atomic E-state index is -1.22. The normalized spacial score (nSPS) is 27.8. The number of hydrogen-bond donors (Lipinski definition) is 1. The van der Waals surface area contributed by atoms with Gasteiger partial charge in [-0.3, -0.25) is 4.79 Å². The van der Waals surface area contributed by atoms with Gasteiger partial charge in [0, 0.05) is 0 Å². The van der Waals surface area contributed by atoms with Crippen molar-refractivity contribution in [3.8, 4) is 0 Å². The van der Waals surface area contributed by atoms with Crippen LogP contribution in [0.2, 0.25) is 0 Å². The summed E-state index contributed by atoms with van der Waals surface area (Å²) < 4.78 is 10.0. The molecule has 0 radical (unpaired) electrons. The molecule has 1 fully saturated rings. The minimum absolute atomic E-state index is 0.501. The van der Waals surface area contributed by atoms with Crippen LogP contribution in [0.4, 0.5) is 0 Å². The Morgan fingerprint density at radius 2 is 2.06 bits per heavy atom. The third-order valence-corrected chi connectivity index (χ3v) is 3.27. The van der Waals surface area contributed by atoms with Gasteiger partial charge in [-0.15, -0.1) is 0 Å². The zero-order valence-corrected chi connectivity index (χ0v) is 10.9. The summed E-state index contributed by atoms with van der Waals surface area (Å²) in [6, 6.07) is 0. The summed E-state index contributed by atoms with van der Waals surface area (Å²) in [4.78, 5) is 23.3. The van der Waals surface area contributed by atoms with Gasteiger partial charge >= 0.3 is 11.9 Å². The summed E-state index contributed by atoms with van der Waals surface area (Å²) in [5.41, 5.74) is -1.69. The molecule has 2 unspecified atom stereocenters. The molecule has 1 N–H and O–H groups in total. The fourth-order valence-corrected chi connectivity index (χ4v) is 1.40. The highest BCUT2D eigenvalue weighted by Gasteiger charge is 2.52. The van der Waals surface area contributed by atoms with Gasteiger partial charge in [0.15, 0.2) is 0 Å². The second-order valence-electron chi connectivity index (χ2n) is 5.53.